The second kappa shape index (κ2) is 5.53. The van der Waals surface area contributed by atoms with E-state index in [0.29, 0.717) is 5.92 Å². The predicted molar refractivity (Wildman–Crippen MR) is 69.3 cm³/mol. The van der Waals surface area contributed by atoms with E-state index in [9.17, 15) is 4.79 Å². The van der Waals surface area contributed by atoms with Gasteiger partial charge in [0.15, 0.2) is 0 Å². The number of hydrogen-bond acceptors (Lipinski definition) is 3. The van der Waals surface area contributed by atoms with Crippen LogP contribution in [-0.2, 0) is 14.3 Å². The molecule has 2 rings (SSSR count). The summed E-state index contributed by atoms with van der Waals surface area (Å²) < 4.78 is 10.5. The summed E-state index contributed by atoms with van der Waals surface area (Å²) in [5.41, 5.74) is 1.24. The molecule has 0 radical (unpaired) electrons. The molecular weight excluding hydrogens is 228 g/mol. The first-order valence-corrected chi connectivity index (χ1v) is 6.34. The molecule has 0 bridgehead atoms. The van der Waals surface area contributed by atoms with Gasteiger partial charge in [0.1, 0.15) is 0 Å². The van der Waals surface area contributed by atoms with Gasteiger partial charge in [0.25, 0.3) is 0 Å². The summed E-state index contributed by atoms with van der Waals surface area (Å²) >= 11 is 0. The van der Waals surface area contributed by atoms with E-state index >= 15 is 0 Å². The van der Waals surface area contributed by atoms with Gasteiger partial charge in [0, 0.05) is 13.0 Å². The summed E-state index contributed by atoms with van der Waals surface area (Å²) in [6.07, 6.45) is 0.736. The Bertz CT molecular complexity index is 401. The molecule has 0 unspecified atom stereocenters. The molecular formula is C15H20O3. The van der Waals surface area contributed by atoms with Crippen LogP contribution in [0.4, 0.5) is 0 Å². The molecule has 3 nitrogen and oxygen atoms in total. The lowest BCUT2D eigenvalue weighted by molar-refractivity contribution is -0.149. The summed E-state index contributed by atoms with van der Waals surface area (Å²) in [6, 6.07) is 10.3. The van der Waals surface area contributed by atoms with E-state index in [-0.39, 0.29) is 23.9 Å². The van der Waals surface area contributed by atoms with Crippen molar-refractivity contribution >= 4 is 5.97 Å². The maximum Gasteiger partial charge on any atom is 0.311 e. The normalized spacial score (nSPS) is 31.3. The van der Waals surface area contributed by atoms with E-state index in [1.807, 2.05) is 18.2 Å². The van der Waals surface area contributed by atoms with E-state index in [0.717, 1.165) is 6.42 Å². The van der Waals surface area contributed by atoms with Crippen LogP contribution in [0.25, 0.3) is 0 Å². The zero-order valence-electron chi connectivity index (χ0n) is 11.1. The highest BCUT2D eigenvalue weighted by Gasteiger charge is 2.46. The van der Waals surface area contributed by atoms with Crippen LogP contribution in [-0.4, -0.2) is 26.3 Å². The molecule has 4 atom stereocenters. The molecule has 0 aliphatic heterocycles. The quantitative estimate of drug-likeness (QED) is 0.771. The SMILES string of the molecule is COC(=O)[C@@H]1C[C@@H](C)[C@@H](c2ccccc2)[C@H]1OC. The standard InChI is InChI=1S/C15H20O3/c1-10-9-12(15(16)18-3)14(17-2)13(10)11-7-5-4-6-8-11/h4-8,10,12-14H,9H2,1-3H3/t10-,12-,13+,14+/m1/s1. The van der Waals surface area contributed by atoms with Gasteiger partial charge >= 0.3 is 5.97 Å². The lowest BCUT2D eigenvalue weighted by atomic mass is 9.88. The van der Waals surface area contributed by atoms with Gasteiger partial charge in [-0.05, 0) is 17.9 Å². The molecule has 0 spiro atoms. The van der Waals surface area contributed by atoms with E-state index in [2.05, 4.69) is 19.1 Å². The summed E-state index contributed by atoms with van der Waals surface area (Å²) in [6.45, 7) is 2.17. The minimum Gasteiger partial charge on any atom is -0.469 e. The van der Waals surface area contributed by atoms with Crippen molar-refractivity contribution in [1.29, 1.82) is 0 Å². The number of methoxy groups -OCH3 is 2. The van der Waals surface area contributed by atoms with Crippen LogP contribution in [0.1, 0.15) is 24.8 Å². The topological polar surface area (TPSA) is 35.5 Å². The summed E-state index contributed by atoms with van der Waals surface area (Å²) in [7, 11) is 3.12. The molecule has 1 aliphatic rings. The van der Waals surface area contributed by atoms with Crippen LogP contribution in [0.5, 0.6) is 0 Å². The fourth-order valence-electron chi connectivity index (χ4n) is 3.14. The van der Waals surface area contributed by atoms with Crippen LogP contribution in [0.3, 0.4) is 0 Å². The largest absolute Gasteiger partial charge is 0.469 e. The average Bonchev–Trinajstić information content (AvgIpc) is 2.75. The van der Waals surface area contributed by atoms with Gasteiger partial charge < -0.3 is 9.47 Å². The highest BCUT2D eigenvalue weighted by Crippen LogP contribution is 2.44. The van der Waals surface area contributed by atoms with Gasteiger partial charge in [0.05, 0.1) is 19.1 Å². The second-order valence-electron chi connectivity index (χ2n) is 4.98. The Balaban J connectivity index is 2.28. The highest BCUT2D eigenvalue weighted by atomic mass is 16.5. The fourth-order valence-corrected chi connectivity index (χ4v) is 3.14. The maximum absolute atomic E-state index is 11.8. The van der Waals surface area contributed by atoms with E-state index in [1.165, 1.54) is 12.7 Å². The zero-order valence-corrected chi connectivity index (χ0v) is 11.1. The molecule has 1 fully saturated rings. The summed E-state index contributed by atoms with van der Waals surface area (Å²) in [5, 5.41) is 0. The van der Waals surface area contributed by atoms with Crippen molar-refractivity contribution in [3.05, 3.63) is 35.9 Å². The average molecular weight is 248 g/mol. The Morgan fingerprint density at radius 1 is 1.22 bits per heavy atom. The molecule has 1 saturated carbocycles. The van der Waals surface area contributed by atoms with Crippen LogP contribution < -0.4 is 0 Å². The number of benzene rings is 1. The van der Waals surface area contributed by atoms with Crippen LogP contribution >= 0.6 is 0 Å². The van der Waals surface area contributed by atoms with Crippen LogP contribution in [0.15, 0.2) is 30.3 Å². The minimum atomic E-state index is -0.160. The van der Waals surface area contributed by atoms with E-state index in [1.54, 1.807) is 7.11 Å². The van der Waals surface area contributed by atoms with E-state index in [4.69, 9.17) is 9.47 Å². The second-order valence-corrected chi connectivity index (χ2v) is 4.98. The van der Waals surface area contributed by atoms with Gasteiger partial charge in [0.2, 0.25) is 0 Å². The van der Waals surface area contributed by atoms with E-state index < -0.39 is 0 Å². The lowest BCUT2D eigenvalue weighted by Gasteiger charge is -2.24. The third kappa shape index (κ3) is 2.27. The van der Waals surface area contributed by atoms with Crippen molar-refractivity contribution in [3.8, 4) is 0 Å². The Kier molecular flexibility index (Phi) is 4.02. The smallest absolute Gasteiger partial charge is 0.311 e. The molecule has 0 amide bonds. The molecule has 18 heavy (non-hydrogen) atoms. The van der Waals surface area contributed by atoms with Crippen molar-refractivity contribution in [2.75, 3.05) is 14.2 Å². The molecule has 0 aromatic heterocycles. The molecule has 3 heteroatoms. The molecule has 1 aliphatic carbocycles. The summed E-state index contributed by atoms with van der Waals surface area (Å²) in [4.78, 5) is 11.8. The monoisotopic (exact) mass is 248 g/mol. The first-order chi connectivity index (χ1) is 8.69. The molecule has 0 heterocycles. The van der Waals surface area contributed by atoms with Gasteiger partial charge in [-0.3, -0.25) is 4.79 Å². The molecule has 0 saturated heterocycles. The van der Waals surface area contributed by atoms with Crippen molar-refractivity contribution in [2.24, 2.45) is 11.8 Å². The first kappa shape index (κ1) is 13.1. The van der Waals surface area contributed by atoms with Gasteiger partial charge in [-0.1, -0.05) is 37.3 Å². The minimum absolute atomic E-state index is 0.0881. The van der Waals surface area contributed by atoms with Gasteiger partial charge in [-0.25, -0.2) is 0 Å². The molecule has 1 aromatic rings. The number of hydrogen-bond donors (Lipinski definition) is 0. The Hall–Kier alpha value is -1.35. The fraction of sp³-hybridized carbons (Fsp3) is 0.533. The number of rotatable bonds is 3. The summed E-state index contributed by atoms with van der Waals surface area (Å²) in [5.74, 6) is 0.370. The highest BCUT2D eigenvalue weighted by molar-refractivity contribution is 5.73. The number of esters is 1. The van der Waals surface area contributed by atoms with Crippen LogP contribution in [0, 0.1) is 11.8 Å². The van der Waals surface area contributed by atoms with Crippen LogP contribution in [0.2, 0.25) is 0 Å². The van der Waals surface area contributed by atoms with Crippen molar-refractivity contribution in [3.63, 3.8) is 0 Å². The Morgan fingerprint density at radius 2 is 1.89 bits per heavy atom. The maximum atomic E-state index is 11.8. The predicted octanol–water partition coefficient (Wildman–Crippen LogP) is 2.61. The van der Waals surface area contributed by atoms with Crippen molar-refractivity contribution in [1.82, 2.24) is 0 Å². The molecule has 1 aromatic carbocycles. The molecule has 0 N–H and O–H groups in total. The Morgan fingerprint density at radius 3 is 2.44 bits per heavy atom. The van der Waals surface area contributed by atoms with Gasteiger partial charge in [-0.2, -0.15) is 0 Å². The third-order valence-corrected chi connectivity index (χ3v) is 3.95. The third-order valence-electron chi connectivity index (χ3n) is 3.95. The zero-order chi connectivity index (χ0) is 13.1. The number of carbonyl (C=O) groups is 1. The van der Waals surface area contributed by atoms with Gasteiger partial charge in [-0.15, -0.1) is 0 Å². The number of ether oxygens (including phenoxy) is 2. The molecule has 98 valence electrons. The Labute approximate surface area is 108 Å². The lowest BCUT2D eigenvalue weighted by Crippen LogP contribution is -2.29. The number of carbonyl (C=O) groups excluding carboxylic acids is 1. The van der Waals surface area contributed by atoms with Crippen molar-refractivity contribution < 1.29 is 14.3 Å². The van der Waals surface area contributed by atoms with Crippen molar-refractivity contribution in [2.45, 2.75) is 25.4 Å². The first-order valence-electron chi connectivity index (χ1n) is 6.34.